The first-order valence-electron chi connectivity index (χ1n) is 6.35. The molecule has 0 aliphatic rings. The molecule has 0 bridgehead atoms. The van der Waals surface area contributed by atoms with Crippen LogP contribution in [0.4, 0.5) is 8.78 Å². The molecule has 0 radical (unpaired) electrons. The van der Waals surface area contributed by atoms with Crippen LogP contribution in [0.5, 0.6) is 0 Å². The predicted molar refractivity (Wildman–Crippen MR) is 78.6 cm³/mol. The number of benzene rings is 1. The van der Waals surface area contributed by atoms with Crippen molar-refractivity contribution in [3.05, 3.63) is 46.6 Å². The number of halogens is 3. The van der Waals surface area contributed by atoms with Crippen LogP contribution < -0.4 is 0 Å². The van der Waals surface area contributed by atoms with E-state index in [1.54, 1.807) is 38.2 Å². The molecular weight excluding hydrogens is 296 g/mol. The van der Waals surface area contributed by atoms with E-state index >= 15 is 0 Å². The maximum atomic E-state index is 13.4. The Morgan fingerprint density at radius 1 is 1.19 bits per heavy atom. The number of nitrogens with zero attached hydrogens (tertiary/aromatic N) is 3. The molecule has 6 heteroatoms. The summed E-state index contributed by atoms with van der Waals surface area (Å²) in [5.41, 5.74) is 2.18. The summed E-state index contributed by atoms with van der Waals surface area (Å²) in [6, 6.07) is 8.35. The van der Waals surface area contributed by atoms with Gasteiger partial charge in [-0.05, 0) is 25.1 Å². The van der Waals surface area contributed by atoms with Gasteiger partial charge in [0, 0.05) is 23.2 Å². The highest BCUT2D eigenvalue weighted by Gasteiger charge is 2.19. The minimum absolute atomic E-state index is 0.0458. The molecule has 2 aromatic heterocycles. The summed E-state index contributed by atoms with van der Waals surface area (Å²) in [5, 5.41) is 5.19. The lowest BCUT2D eigenvalue weighted by molar-refractivity contribution is 0.153. The Balaban J connectivity index is 2.30. The Morgan fingerprint density at radius 2 is 1.86 bits per heavy atom. The minimum Gasteiger partial charge on any atom is -0.250 e. The zero-order valence-corrected chi connectivity index (χ0v) is 12.2. The molecule has 0 fully saturated rings. The quantitative estimate of drug-likeness (QED) is 0.696. The van der Waals surface area contributed by atoms with Crippen molar-refractivity contribution in [1.82, 2.24) is 14.8 Å². The predicted octanol–water partition coefficient (Wildman–Crippen LogP) is 4.53. The Labute approximate surface area is 125 Å². The van der Waals surface area contributed by atoms with Crippen molar-refractivity contribution in [2.45, 2.75) is 13.3 Å². The minimum atomic E-state index is -2.58. The van der Waals surface area contributed by atoms with Crippen LogP contribution in [0.1, 0.15) is 17.7 Å². The number of aryl methyl sites for hydroxylation is 2. The smallest absolute Gasteiger partial charge is 0.250 e. The van der Waals surface area contributed by atoms with E-state index in [1.165, 1.54) is 10.7 Å². The third-order valence-corrected chi connectivity index (χ3v) is 3.63. The average molecular weight is 308 g/mol. The molecule has 1 aromatic carbocycles. The van der Waals surface area contributed by atoms with Crippen molar-refractivity contribution in [2.24, 2.45) is 7.05 Å². The molecule has 0 saturated carbocycles. The van der Waals surface area contributed by atoms with Crippen LogP contribution in [0.2, 0.25) is 5.02 Å². The van der Waals surface area contributed by atoms with Crippen LogP contribution in [-0.4, -0.2) is 14.8 Å². The third kappa shape index (κ3) is 2.38. The van der Waals surface area contributed by atoms with Gasteiger partial charge >= 0.3 is 0 Å². The Bertz CT molecular complexity index is 810. The van der Waals surface area contributed by atoms with Crippen LogP contribution in [0.3, 0.4) is 0 Å². The molecule has 108 valence electrons. The zero-order chi connectivity index (χ0) is 15.1. The molecule has 21 heavy (non-hydrogen) atoms. The van der Waals surface area contributed by atoms with Gasteiger partial charge in [-0.1, -0.05) is 23.7 Å². The van der Waals surface area contributed by atoms with Gasteiger partial charge in [0.2, 0.25) is 0 Å². The average Bonchev–Trinajstić information content (AvgIpc) is 2.74. The summed E-state index contributed by atoms with van der Waals surface area (Å²) in [4.78, 5) is 4.46. The molecule has 3 nitrogen and oxygen atoms in total. The molecule has 0 aliphatic carbocycles. The lowest BCUT2D eigenvalue weighted by Gasteiger charge is -2.07. The van der Waals surface area contributed by atoms with Crippen LogP contribution in [0.15, 0.2) is 30.3 Å². The second-order valence-corrected chi connectivity index (χ2v) is 5.25. The van der Waals surface area contributed by atoms with Gasteiger partial charge in [-0.3, -0.25) is 4.68 Å². The first kappa shape index (κ1) is 13.9. The van der Waals surface area contributed by atoms with Gasteiger partial charge in [-0.25, -0.2) is 13.8 Å². The van der Waals surface area contributed by atoms with Crippen LogP contribution in [-0.2, 0) is 7.05 Å². The maximum absolute atomic E-state index is 13.4. The number of alkyl halides is 2. The van der Waals surface area contributed by atoms with Crippen molar-refractivity contribution < 1.29 is 8.78 Å². The molecular formula is C15H12ClF2N3. The monoisotopic (exact) mass is 307 g/mol. The zero-order valence-electron chi connectivity index (χ0n) is 11.4. The van der Waals surface area contributed by atoms with Gasteiger partial charge in [0.1, 0.15) is 0 Å². The van der Waals surface area contributed by atoms with E-state index in [0.29, 0.717) is 27.4 Å². The lowest BCUT2D eigenvalue weighted by atomic mass is 10.1. The number of rotatable bonds is 2. The van der Waals surface area contributed by atoms with Gasteiger partial charge in [-0.15, -0.1) is 0 Å². The van der Waals surface area contributed by atoms with E-state index in [1.807, 2.05) is 0 Å². The molecule has 0 saturated heterocycles. The third-order valence-electron chi connectivity index (χ3n) is 3.37. The number of hydrogen-bond acceptors (Lipinski definition) is 2. The van der Waals surface area contributed by atoms with E-state index in [9.17, 15) is 8.78 Å². The van der Waals surface area contributed by atoms with Gasteiger partial charge in [-0.2, -0.15) is 5.10 Å². The Morgan fingerprint density at radius 3 is 2.48 bits per heavy atom. The van der Waals surface area contributed by atoms with Gasteiger partial charge in [0.05, 0.1) is 16.8 Å². The highest BCUT2D eigenvalue weighted by atomic mass is 35.5. The summed E-state index contributed by atoms with van der Waals surface area (Å²) in [7, 11) is 1.70. The molecule has 0 unspecified atom stereocenters. The van der Waals surface area contributed by atoms with Crippen molar-refractivity contribution in [3.63, 3.8) is 0 Å². The largest absolute Gasteiger partial charge is 0.264 e. The highest BCUT2D eigenvalue weighted by Crippen LogP contribution is 2.32. The summed E-state index contributed by atoms with van der Waals surface area (Å²) >= 11 is 5.85. The standard InChI is InChI=1S/C15H12ClF2N3/c1-8-13-11(14(17)18)7-12(19-15(13)21(2)20-8)9-3-5-10(16)6-4-9/h3-7,14H,1-2H3. The summed E-state index contributed by atoms with van der Waals surface area (Å²) < 4.78 is 28.2. The van der Waals surface area contributed by atoms with E-state index < -0.39 is 6.43 Å². The lowest BCUT2D eigenvalue weighted by Crippen LogP contribution is -1.96. The topological polar surface area (TPSA) is 30.7 Å². The molecule has 2 heterocycles. The van der Waals surface area contributed by atoms with Crippen LogP contribution >= 0.6 is 11.6 Å². The maximum Gasteiger partial charge on any atom is 0.264 e. The Kier molecular flexibility index (Phi) is 3.37. The van der Waals surface area contributed by atoms with Gasteiger partial charge in [0.25, 0.3) is 6.43 Å². The normalized spacial score (nSPS) is 11.5. The molecule has 0 N–H and O–H groups in total. The first-order chi connectivity index (χ1) is 9.97. The summed E-state index contributed by atoms with van der Waals surface area (Å²) in [6.45, 7) is 1.71. The molecule has 0 aliphatic heterocycles. The van der Waals surface area contributed by atoms with E-state index in [-0.39, 0.29) is 5.56 Å². The first-order valence-corrected chi connectivity index (χ1v) is 6.73. The van der Waals surface area contributed by atoms with Crippen molar-refractivity contribution in [2.75, 3.05) is 0 Å². The Hall–Kier alpha value is -2.01. The van der Waals surface area contributed by atoms with Crippen LogP contribution in [0.25, 0.3) is 22.3 Å². The van der Waals surface area contributed by atoms with Crippen molar-refractivity contribution >= 4 is 22.6 Å². The second-order valence-electron chi connectivity index (χ2n) is 4.81. The fraction of sp³-hybridized carbons (Fsp3) is 0.200. The molecule has 0 amide bonds. The second kappa shape index (κ2) is 5.07. The van der Waals surface area contributed by atoms with Gasteiger partial charge in [0.15, 0.2) is 5.65 Å². The molecule has 3 rings (SSSR count). The molecule has 3 aromatic rings. The van der Waals surface area contributed by atoms with E-state index in [2.05, 4.69) is 10.1 Å². The van der Waals surface area contributed by atoms with E-state index in [0.717, 1.165) is 5.56 Å². The number of pyridine rings is 1. The van der Waals surface area contributed by atoms with Crippen molar-refractivity contribution in [3.8, 4) is 11.3 Å². The summed E-state index contributed by atoms with van der Waals surface area (Å²) in [6.07, 6.45) is -2.58. The van der Waals surface area contributed by atoms with Crippen LogP contribution in [0, 0.1) is 6.92 Å². The number of aromatic nitrogens is 3. The fourth-order valence-electron chi connectivity index (χ4n) is 2.42. The SMILES string of the molecule is Cc1nn(C)c2nc(-c3ccc(Cl)cc3)cc(C(F)F)c12. The summed E-state index contributed by atoms with van der Waals surface area (Å²) in [5.74, 6) is 0. The highest BCUT2D eigenvalue weighted by molar-refractivity contribution is 6.30. The molecule has 0 spiro atoms. The number of hydrogen-bond donors (Lipinski definition) is 0. The molecule has 0 atom stereocenters. The number of fused-ring (bicyclic) bond motifs is 1. The van der Waals surface area contributed by atoms with Gasteiger partial charge < -0.3 is 0 Å². The van der Waals surface area contributed by atoms with E-state index in [4.69, 9.17) is 11.6 Å². The fourth-order valence-corrected chi connectivity index (χ4v) is 2.54. The van der Waals surface area contributed by atoms with Crippen molar-refractivity contribution in [1.29, 1.82) is 0 Å².